The van der Waals surface area contributed by atoms with Crippen LogP contribution in [0.4, 0.5) is 0 Å². The number of rotatable bonds is 5. The van der Waals surface area contributed by atoms with Crippen LogP contribution >= 0.6 is 0 Å². The highest BCUT2D eigenvalue weighted by Crippen LogP contribution is 2.26. The van der Waals surface area contributed by atoms with Crippen LogP contribution in [0, 0.1) is 12.3 Å². The van der Waals surface area contributed by atoms with Crippen LogP contribution < -0.4 is 5.32 Å². The van der Waals surface area contributed by atoms with Gasteiger partial charge in [0, 0.05) is 24.4 Å². The van der Waals surface area contributed by atoms with Gasteiger partial charge >= 0.3 is 0 Å². The first-order valence-electron chi connectivity index (χ1n) is 7.49. The molecule has 1 aliphatic heterocycles. The molecule has 1 N–H and O–H groups in total. The molecule has 1 fully saturated rings. The van der Waals surface area contributed by atoms with Crippen molar-refractivity contribution in [1.82, 2.24) is 14.9 Å². The highest BCUT2D eigenvalue weighted by atomic mass is 16.5. The maximum Gasteiger partial charge on any atom is 0.247 e. The number of amides is 1. The number of carbonyl (C=O) groups is 1. The van der Waals surface area contributed by atoms with Crippen LogP contribution in [-0.4, -0.2) is 35.2 Å². The molecule has 1 aromatic heterocycles. The van der Waals surface area contributed by atoms with Crippen LogP contribution in [0.2, 0.25) is 0 Å². The molecular weight excluding hydrogens is 278 g/mol. The molecule has 22 heavy (non-hydrogen) atoms. The standard InChI is InChI=1S/C17H21N3O2/c1-13-18-8-9-20(13)15(14-6-4-3-5-7-14)16(21)19-10-17(2)11-22-12-17/h3-9,15H,10-12H2,1-2H3,(H,19,21)/t15-/m0/s1. The Hall–Kier alpha value is -2.14. The molecule has 116 valence electrons. The SMILES string of the molecule is Cc1nccn1[C@H](C(=O)NCC1(C)COC1)c1ccccc1. The number of imidazole rings is 1. The smallest absolute Gasteiger partial charge is 0.247 e. The minimum Gasteiger partial charge on any atom is -0.380 e. The van der Waals surface area contributed by atoms with E-state index in [4.69, 9.17) is 4.74 Å². The Morgan fingerprint density at radius 2 is 2.14 bits per heavy atom. The van der Waals surface area contributed by atoms with Gasteiger partial charge in [-0.15, -0.1) is 0 Å². The summed E-state index contributed by atoms with van der Waals surface area (Å²) < 4.78 is 7.15. The number of ether oxygens (including phenoxy) is 1. The summed E-state index contributed by atoms with van der Waals surface area (Å²) in [6, 6.07) is 9.39. The fraction of sp³-hybridized carbons (Fsp3) is 0.412. The second kappa shape index (κ2) is 5.93. The minimum atomic E-state index is -0.395. The van der Waals surface area contributed by atoms with Gasteiger partial charge in [0.15, 0.2) is 0 Å². The number of hydrogen-bond donors (Lipinski definition) is 1. The van der Waals surface area contributed by atoms with Crippen molar-refractivity contribution >= 4 is 5.91 Å². The molecule has 1 saturated heterocycles. The molecule has 2 heterocycles. The molecule has 5 heteroatoms. The van der Waals surface area contributed by atoms with Gasteiger partial charge in [-0.25, -0.2) is 4.98 Å². The summed E-state index contributed by atoms with van der Waals surface area (Å²) in [6.07, 6.45) is 3.57. The quantitative estimate of drug-likeness (QED) is 0.918. The van der Waals surface area contributed by atoms with E-state index >= 15 is 0 Å². The Bertz CT molecular complexity index is 647. The minimum absolute atomic E-state index is 0.0135. The number of nitrogens with zero attached hydrogens (tertiary/aromatic N) is 2. The molecule has 3 rings (SSSR count). The van der Waals surface area contributed by atoms with E-state index in [1.165, 1.54) is 0 Å². The van der Waals surface area contributed by atoms with Crippen LogP contribution in [0.3, 0.4) is 0 Å². The third-order valence-electron chi connectivity index (χ3n) is 4.09. The van der Waals surface area contributed by atoms with E-state index in [0.717, 1.165) is 11.4 Å². The zero-order chi connectivity index (χ0) is 15.6. The van der Waals surface area contributed by atoms with Gasteiger partial charge in [-0.3, -0.25) is 4.79 Å². The second-order valence-corrected chi connectivity index (χ2v) is 6.22. The van der Waals surface area contributed by atoms with Gasteiger partial charge in [0.1, 0.15) is 11.9 Å². The van der Waals surface area contributed by atoms with Gasteiger partial charge in [0.05, 0.1) is 13.2 Å². The van der Waals surface area contributed by atoms with E-state index in [9.17, 15) is 4.79 Å². The molecule has 0 bridgehead atoms. The zero-order valence-electron chi connectivity index (χ0n) is 13.0. The Morgan fingerprint density at radius 3 is 2.68 bits per heavy atom. The number of benzene rings is 1. The summed E-state index contributed by atoms with van der Waals surface area (Å²) in [5.41, 5.74) is 1.01. The van der Waals surface area contributed by atoms with E-state index in [1.807, 2.05) is 48.0 Å². The normalized spacial score (nSPS) is 17.5. The molecule has 1 amide bonds. The molecular formula is C17H21N3O2. The van der Waals surface area contributed by atoms with Gasteiger partial charge < -0.3 is 14.6 Å². The van der Waals surface area contributed by atoms with Crippen molar-refractivity contribution in [3.63, 3.8) is 0 Å². The fourth-order valence-corrected chi connectivity index (χ4v) is 2.68. The van der Waals surface area contributed by atoms with Gasteiger partial charge in [-0.05, 0) is 12.5 Å². The average Bonchev–Trinajstić information content (AvgIpc) is 2.91. The van der Waals surface area contributed by atoms with Gasteiger partial charge in [0.2, 0.25) is 5.91 Å². The third-order valence-corrected chi connectivity index (χ3v) is 4.09. The van der Waals surface area contributed by atoms with Crippen LogP contribution in [0.25, 0.3) is 0 Å². The van der Waals surface area contributed by atoms with Crippen LogP contribution in [-0.2, 0) is 9.53 Å². The van der Waals surface area contributed by atoms with Crippen LogP contribution in [0.5, 0.6) is 0 Å². The predicted molar refractivity (Wildman–Crippen MR) is 83.5 cm³/mol. The summed E-state index contributed by atoms with van der Waals surface area (Å²) in [6.45, 7) is 6.06. The van der Waals surface area contributed by atoms with Crippen molar-refractivity contribution in [1.29, 1.82) is 0 Å². The van der Waals surface area contributed by atoms with E-state index in [1.54, 1.807) is 6.20 Å². The highest BCUT2D eigenvalue weighted by molar-refractivity contribution is 5.83. The lowest BCUT2D eigenvalue weighted by atomic mass is 9.88. The van der Waals surface area contributed by atoms with Gasteiger partial charge in [-0.1, -0.05) is 37.3 Å². The lowest BCUT2D eigenvalue weighted by Gasteiger charge is -2.38. The third kappa shape index (κ3) is 2.90. The maximum atomic E-state index is 12.8. The predicted octanol–water partition coefficient (Wildman–Crippen LogP) is 1.93. The van der Waals surface area contributed by atoms with Crippen LogP contribution in [0.15, 0.2) is 42.7 Å². The first-order chi connectivity index (χ1) is 10.6. The van der Waals surface area contributed by atoms with Crippen LogP contribution in [0.1, 0.15) is 24.4 Å². The number of carbonyl (C=O) groups excluding carboxylic acids is 1. The Kier molecular flexibility index (Phi) is 3.98. The molecule has 0 radical (unpaired) electrons. The number of nitrogens with one attached hydrogen (secondary N) is 1. The molecule has 0 aliphatic carbocycles. The van der Waals surface area contributed by atoms with Crippen molar-refractivity contribution in [3.05, 3.63) is 54.1 Å². The average molecular weight is 299 g/mol. The molecule has 0 saturated carbocycles. The molecule has 1 aromatic carbocycles. The fourth-order valence-electron chi connectivity index (χ4n) is 2.68. The Morgan fingerprint density at radius 1 is 1.41 bits per heavy atom. The summed E-state index contributed by atoms with van der Waals surface area (Å²) in [7, 11) is 0. The second-order valence-electron chi connectivity index (χ2n) is 6.22. The molecule has 0 unspecified atom stereocenters. The monoisotopic (exact) mass is 299 g/mol. The number of aromatic nitrogens is 2. The molecule has 1 aliphatic rings. The zero-order valence-corrected chi connectivity index (χ0v) is 13.0. The topological polar surface area (TPSA) is 56.2 Å². The summed E-state index contributed by atoms with van der Waals surface area (Å²) in [5, 5.41) is 3.07. The van der Waals surface area contributed by atoms with Gasteiger partial charge in [0.25, 0.3) is 0 Å². The number of hydrogen-bond acceptors (Lipinski definition) is 3. The van der Waals surface area contributed by atoms with Gasteiger partial charge in [-0.2, -0.15) is 0 Å². The van der Waals surface area contributed by atoms with Crippen molar-refractivity contribution < 1.29 is 9.53 Å². The Labute approximate surface area is 130 Å². The first-order valence-corrected chi connectivity index (χ1v) is 7.49. The summed E-state index contributed by atoms with van der Waals surface area (Å²) in [4.78, 5) is 17.0. The van der Waals surface area contributed by atoms with E-state index in [0.29, 0.717) is 19.8 Å². The van der Waals surface area contributed by atoms with E-state index < -0.39 is 6.04 Å². The molecule has 5 nitrogen and oxygen atoms in total. The largest absolute Gasteiger partial charge is 0.380 e. The number of aryl methyl sites for hydroxylation is 1. The van der Waals surface area contributed by atoms with Crippen molar-refractivity contribution in [2.75, 3.05) is 19.8 Å². The van der Waals surface area contributed by atoms with Crippen molar-refractivity contribution in [3.8, 4) is 0 Å². The lowest BCUT2D eigenvalue weighted by molar-refractivity contribution is -0.128. The van der Waals surface area contributed by atoms with Crippen molar-refractivity contribution in [2.45, 2.75) is 19.9 Å². The molecule has 1 atom stereocenters. The van der Waals surface area contributed by atoms with E-state index in [2.05, 4.69) is 17.2 Å². The summed E-state index contributed by atoms with van der Waals surface area (Å²) >= 11 is 0. The summed E-state index contributed by atoms with van der Waals surface area (Å²) in [5.74, 6) is 0.808. The van der Waals surface area contributed by atoms with Crippen molar-refractivity contribution in [2.24, 2.45) is 5.41 Å². The van der Waals surface area contributed by atoms with E-state index in [-0.39, 0.29) is 11.3 Å². The molecule has 2 aromatic rings. The molecule has 0 spiro atoms. The first kappa shape index (κ1) is 14.8. The maximum absolute atomic E-state index is 12.8. The highest BCUT2D eigenvalue weighted by Gasteiger charge is 2.34. The Balaban J connectivity index is 1.82. The lowest BCUT2D eigenvalue weighted by Crippen LogP contribution is -2.49.